The van der Waals surface area contributed by atoms with Crippen molar-refractivity contribution in [3.8, 4) is 11.6 Å². The van der Waals surface area contributed by atoms with Crippen molar-refractivity contribution >= 4 is 10.8 Å². The molecule has 3 rings (SSSR count). The van der Waals surface area contributed by atoms with Crippen LogP contribution in [0.25, 0.3) is 10.8 Å². The number of aromatic nitrogens is 2. The van der Waals surface area contributed by atoms with Crippen LogP contribution < -0.4 is 10.5 Å². The third kappa shape index (κ3) is 2.46. The fourth-order valence-corrected chi connectivity index (χ4v) is 2.03. The molecule has 0 saturated heterocycles. The van der Waals surface area contributed by atoms with E-state index in [9.17, 15) is 0 Å². The van der Waals surface area contributed by atoms with Gasteiger partial charge < -0.3 is 10.5 Å². The minimum atomic E-state index is 0.382. The fraction of sp³-hybridized carbons (Fsp3) is 0.125. The maximum absolute atomic E-state index is 5.86. The Bertz CT molecular complexity index is 738. The number of fused-ring (bicyclic) bond motifs is 1. The molecule has 0 radical (unpaired) electrons. The molecule has 0 aliphatic carbocycles. The van der Waals surface area contributed by atoms with E-state index in [1.807, 2.05) is 49.4 Å². The Kier molecular flexibility index (Phi) is 3.31. The van der Waals surface area contributed by atoms with Gasteiger partial charge in [0.25, 0.3) is 0 Å². The summed E-state index contributed by atoms with van der Waals surface area (Å²) in [4.78, 5) is 8.68. The summed E-state index contributed by atoms with van der Waals surface area (Å²) in [5.74, 6) is 1.23. The summed E-state index contributed by atoms with van der Waals surface area (Å²) in [7, 11) is 0. The Morgan fingerprint density at radius 3 is 2.75 bits per heavy atom. The Morgan fingerprint density at radius 1 is 1.15 bits per heavy atom. The number of hydrogen-bond acceptors (Lipinski definition) is 4. The van der Waals surface area contributed by atoms with Gasteiger partial charge in [-0.05, 0) is 36.6 Å². The monoisotopic (exact) mass is 265 g/mol. The maximum Gasteiger partial charge on any atom is 0.227 e. The highest BCUT2D eigenvalue weighted by atomic mass is 16.5. The maximum atomic E-state index is 5.86. The van der Waals surface area contributed by atoms with Gasteiger partial charge in [0.15, 0.2) is 0 Å². The van der Waals surface area contributed by atoms with E-state index in [1.165, 1.54) is 0 Å². The van der Waals surface area contributed by atoms with Crippen molar-refractivity contribution in [1.82, 2.24) is 9.97 Å². The van der Waals surface area contributed by atoms with Gasteiger partial charge in [0.1, 0.15) is 5.75 Å². The number of aryl methyl sites for hydroxylation is 1. The molecule has 0 saturated carbocycles. The van der Waals surface area contributed by atoms with Crippen LogP contribution in [0.3, 0.4) is 0 Å². The molecule has 1 aromatic carbocycles. The summed E-state index contributed by atoms with van der Waals surface area (Å²) in [5, 5.41) is 2.03. The van der Waals surface area contributed by atoms with Crippen molar-refractivity contribution in [2.45, 2.75) is 13.5 Å². The third-order valence-electron chi connectivity index (χ3n) is 3.07. The van der Waals surface area contributed by atoms with E-state index in [4.69, 9.17) is 10.5 Å². The molecule has 0 aliphatic rings. The van der Waals surface area contributed by atoms with Gasteiger partial charge >= 0.3 is 0 Å². The van der Waals surface area contributed by atoms with Gasteiger partial charge in [-0.3, -0.25) is 4.98 Å². The molecule has 0 atom stereocenters. The van der Waals surface area contributed by atoms with E-state index >= 15 is 0 Å². The first kappa shape index (κ1) is 12.6. The zero-order valence-electron chi connectivity index (χ0n) is 11.2. The smallest absolute Gasteiger partial charge is 0.227 e. The molecule has 0 unspecified atom stereocenters. The Labute approximate surface area is 117 Å². The summed E-state index contributed by atoms with van der Waals surface area (Å²) in [6, 6.07) is 13.7. The van der Waals surface area contributed by atoms with Crippen molar-refractivity contribution in [2.24, 2.45) is 5.73 Å². The predicted octanol–water partition coefficient (Wildman–Crippen LogP) is 3.19. The third-order valence-corrected chi connectivity index (χ3v) is 3.07. The summed E-state index contributed by atoms with van der Waals surface area (Å²) in [5.41, 5.74) is 7.45. The number of pyridine rings is 2. The molecule has 3 aromatic rings. The molecule has 0 aliphatic heterocycles. The zero-order valence-corrected chi connectivity index (χ0v) is 11.2. The first-order chi connectivity index (χ1) is 9.76. The highest BCUT2D eigenvalue weighted by Gasteiger charge is 2.07. The minimum Gasteiger partial charge on any atom is -0.437 e. The lowest BCUT2D eigenvalue weighted by atomic mass is 10.1. The second-order valence-electron chi connectivity index (χ2n) is 4.58. The molecule has 2 N–H and O–H groups in total. The lowest BCUT2D eigenvalue weighted by Gasteiger charge is -2.09. The second-order valence-corrected chi connectivity index (χ2v) is 4.58. The largest absolute Gasteiger partial charge is 0.437 e. The van der Waals surface area contributed by atoms with E-state index in [0.717, 1.165) is 22.2 Å². The number of nitrogens with two attached hydrogens (primary N) is 1. The summed E-state index contributed by atoms with van der Waals surface area (Å²) >= 11 is 0. The van der Waals surface area contributed by atoms with Crippen LogP contribution >= 0.6 is 0 Å². The quantitative estimate of drug-likeness (QED) is 0.790. The molecule has 0 spiro atoms. The molecular formula is C16H15N3O. The topological polar surface area (TPSA) is 61.0 Å². The van der Waals surface area contributed by atoms with Crippen molar-refractivity contribution in [1.29, 1.82) is 0 Å². The molecule has 0 fully saturated rings. The molecule has 4 heteroatoms. The van der Waals surface area contributed by atoms with Crippen LogP contribution in [-0.4, -0.2) is 9.97 Å². The average molecular weight is 265 g/mol. The zero-order chi connectivity index (χ0) is 13.9. The molecule has 2 heterocycles. The van der Waals surface area contributed by atoms with Gasteiger partial charge in [-0.2, -0.15) is 0 Å². The van der Waals surface area contributed by atoms with Gasteiger partial charge in [0.2, 0.25) is 5.88 Å². The van der Waals surface area contributed by atoms with Gasteiger partial charge in [-0.25, -0.2) is 4.98 Å². The molecular weight excluding hydrogens is 250 g/mol. The highest BCUT2D eigenvalue weighted by molar-refractivity contribution is 5.87. The van der Waals surface area contributed by atoms with Gasteiger partial charge in [-0.15, -0.1) is 0 Å². The number of benzene rings is 1. The summed E-state index contributed by atoms with van der Waals surface area (Å²) in [6.07, 6.45) is 1.70. The Morgan fingerprint density at radius 2 is 2.00 bits per heavy atom. The standard InChI is InChI=1S/C16H15N3O/c1-11-6-7-14(10-18-11)20-16-15-5-3-2-4-12(15)8-13(9-17)19-16/h2-8,10H,9,17H2,1H3. The minimum absolute atomic E-state index is 0.382. The summed E-state index contributed by atoms with van der Waals surface area (Å²) < 4.78 is 5.86. The van der Waals surface area contributed by atoms with E-state index in [2.05, 4.69) is 9.97 Å². The number of rotatable bonds is 3. The molecule has 4 nitrogen and oxygen atoms in total. The van der Waals surface area contributed by atoms with E-state index in [1.54, 1.807) is 6.20 Å². The molecule has 2 aromatic heterocycles. The molecule has 20 heavy (non-hydrogen) atoms. The number of ether oxygens (including phenoxy) is 1. The van der Waals surface area contributed by atoms with Crippen LogP contribution in [0.4, 0.5) is 0 Å². The average Bonchev–Trinajstić information content (AvgIpc) is 2.49. The highest BCUT2D eigenvalue weighted by Crippen LogP contribution is 2.28. The van der Waals surface area contributed by atoms with Crippen LogP contribution in [0.2, 0.25) is 0 Å². The van der Waals surface area contributed by atoms with E-state index in [-0.39, 0.29) is 0 Å². The normalized spacial score (nSPS) is 10.7. The van der Waals surface area contributed by atoms with Crippen LogP contribution in [0, 0.1) is 6.92 Å². The van der Waals surface area contributed by atoms with E-state index < -0.39 is 0 Å². The first-order valence-electron chi connectivity index (χ1n) is 6.45. The van der Waals surface area contributed by atoms with Crippen molar-refractivity contribution in [2.75, 3.05) is 0 Å². The Balaban J connectivity index is 2.07. The number of nitrogens with zero attached hydrogens (tertiary/aromatic N) is 2. The summed E-state index contributed by atoms with van der Waals surface area (Å²) in [6.45, 7) is 2.32. The predicted molar refractivity (Wildman–Crippen MR) is 78.7 cm³/mol. The van der Waals surface area contributed by atoms with Crippen LogP contribution in [0.5, 0.6) is 11.6 Å². The van der Waals surface area contributed by atoms with Crippen molar-refractivity contribution in [3.63, 3.8) is 0 Å². The number of hydrogen-bond donors (Lipinski definition) is 1. The molecule has 0 amide bonds. The van der Waals surface area contributed by atoms with Crippen molar-refractivity contribution < 1.29 is 4.74 Å². The SMILES string of the molecule is Cc1ccc(Oc2nc(CN)cc3ccccc23)cn1. The van der Waals surface area contributed by atoms with Crippen LogP contribution in [0.1, 0.15) is 11.4 Å². The lowest BCUT2D eigenvalue weighted by Crippen LogP contribution is -2.01. The van der Waals surface area contributed by atoms with Crippen LogP contribution in [-0.2, 0) is 6.54 Å². The first-order valence-corrected chi connectivity index (χ1v) is 6.45. The van der Waals surface area contributed by atoms with E-state index in [0.29, 0.717) is 18.2 Å². The molecule has 100 valence electrons. The van der Waals surface area contributed by atoms with Gasteiger partial charge in [0.05, 0.1) is 11.9 Å². The lowest BCUT2D eigenvalue weighted by molar-refractivity contribution is 0.464. The van der Waals surface area contributed by atoms with Gasteiger partial charge in [-0.1, -0.05) is 18.2 Å². The molecule has 0 bridgehead atoms. The second kappa shape index (κ2) is 5.27. The Hall–Kier alpha value is -2.46. The van der Waals surface area contributed by atoms with Crippen LogP contribution in [0.15, 0.2) is 48.7 Å². The van der Waals surface area contributed by atoms with Crippen molar-refractivity contribution in [3.05, 3.63) is 60.0 Å². The van der Waals surface area contributed by atoms with Gasteiger partial charge in [0, 0.05) is 17.6 Å². The fourth-order valence-electron chi connectivity index (χ4n) is 2.03.